The van der Waals surface area contributed by atoms with E-state index in [0.717, 1.165) is 0 Å². The Hall–Kier alpha value is -0.700. The van der Waals surface area contributed by atoms with Gasteiger partial charge in [0, 0.05) is 5.16 Å². The van der Waals surface area contributed by atoms with Gasteiger partial charge in [0.15, 0.2) is 0 Å². The van der Waals surface area contributed by atoms with Crippen molar-refractivity contribution in [1.82, 2.24) is 0 Å². The first kappa shape index (κ1) is 22.6. The average molecular weight is 401 g/mol. The van der Waals surface area contributed by atoms with Crippen LogP contribution >= 0.6 is 18.5 Å². The molecule has 0 bridgehead atoms. The topological polar surface area (TPSA) is 0 Å². The number of unbranched alkanes of at least 4 members (excludes halogenated alkanes) is 4. The van der Waals surface area contributed by atoms with Gasteiger partial charge in [-0.15, -0.1) is 18.5 Å². The quantitative estimate of drug-likeness (QED) is 0.252. The normalized spacial score (nSPS) is 14.1. The molecule has 0 aromatic heterocycles. The van der Waals surface area contributed by atoms with Gasteiger partial charge in [-0.2, -0.15) is 0 Å². The molecular formula is C25H38P2. The Bertz CT molecular complexity index is 584. The van der Waals surface area contributed by atoms with Crippen molar-refractivity contribution < 1.29 is 0 Å². The number of rotatable bonds is 12. The summed E-state index contributed by atoms with van der Waals surface area (Å²) < 4.78 is 0. The zero-order chi connectivity index (χ0) is 19.5. The second kappa shape index (κ2) is 12.0. The molecule has 2 rings (SSSR count). The number of benzene rings is 2. The van der Waals surface area contributed by atoms with Gasteiger partial charge >= 0.3 is 0 Å². The predicted molar refractivity (Wildman–Crippen MR) is 129 cm³/mol. The van der Waals surface area contributed by atoms with Gasteiger partial charge in [-0.25, -0.2) is 0 Å². The maximum atomic E-state index is 3.30. The lowest BCUT2D eigenvalue weighted by Gasteiger charge is -2.42. The highest BCUT2D eigenvalue weighted by Gasteiger charge is 2.40. The molecule has 4 unspecified atom stereocenters. The van der Waals surface area contributed by atoms with Crippen LogP contribution < -0.4 is 0 Å². The molecule has 0 spiro atoms. The van der Waals surface area contributed by atoms with E-state index in [1.165, 1.54) is 62.5 Å². The van der Waals surface area contributed by atoms with Crippen LogP contribution in [0, 0.1) is 5.92 Å². The minimum atomic E-state index is -0.0328. The van der Waals surface area contributed by atoms with E-state index >= 15 is 0 Å². The summed E-state index contributed by atoms with van der Waals surface area (Å²) in [6, 6.07) is 22.3. The third-order valence-corrected chi connectivity index (χ3v) is 7.76. The maximum absolute atomic E-state index is 3.30. The Morgan fingerprint density at radius 2 is 1.15 bits per heavy atom. The van der Waals surface area contributed by atoms with Crippen LogP contribution in [0.4, 0.5) is 0 Å². The van der Waals surface area contributed by atoms with E-state index in [1.54, 1.807) is 0 Å². The largest absolute Gasteiger partial charge is 0.134 e. The third kappa shape index (κ3) is 6.14. The summed E-state index contributed by atoms with van der Waals surface area (Å²) in [6.45, 7) is 4.60. The molecule has 27 heavy (non-hydrogen) atoms. The molecule has 148 valence electrons. The minimum Gasteiger partial charge on any atom is -0.134 e. The summed E-state index contributed by atoms with van der Waals surface area (Å²) in [6.07, 6.45) is 10.5. The zero-order valence-electron chi connectivity index (χ0n) is 17.2. The van der Waals surface area contributed by atoms with Gasteiger partial charge in [-0.3, -0.25) is 0 Å². The van der Waals surface area contributed by atoms with E-state index in [1.807, 2.05) is 0 Å². The van der Waals surface area contributed by atoms with Crippen molar-refractivity contribution in [3.8, 4) is 0 Å². The van der Waals surface area contributed by atoms with Crippen LogP contribution in [0.25, 0.3) is 0 Å². The molecule has 0 saturated heterocycles. The molecule has 0 aliphatic carbocycles. The fraction of sp³-hybridized carbons (Fsp3) is 0.520. The van der Waals surface area contributed by atoms with E-state index in [2.05, 4.69) is 93.0 Å². The zero-order valence-corrected chi connectivity index (χ0v) is 19.5. The summed E-state index contributed by atoms with van der Waals surface area (Å²) in [5.41, 5.74) is 3.47. The Labute approximate surface area is 172 Å². The van der Waals surface area contributed by atoms with E-state index in [9.17, 15) is 0 Å². The highest BCUT2D eigenvalue weighted by Crippen LogP contribution is 2.50. The van der Waals surface area contributed by atoms with Crippen molar-refractivity contribution in [3.05, 3.63) is 71.8 Å². The second-order valence-corrected chi connectivity index (χ2v) is 9.63. The lowest BCUT2D eigenvalue weighted by Crippen LogP contribution is -2.36. The van der Waals surface area contributed by atoms with Crippen molar-refractivity contribution in [2.45, 2.75) is 76.0 Å². The maximum Gasteiger partial charge on any atom is 0.0378 e. The molecule has 2 heteroatoms. The SMILES string of the molecule is CCCCCC(P)C(CCCCC)C(P)(c1ccccc1)c1ccccc1. The summed E-state index contributed by atoms with van der Waals surface area (Å²) >= 11 is 0. The van der Waals surface area contributed by atoms with Gasteiger partial charge in [0.25, 0.3) is 0 Å². The summed E-state index contributed by atoms with van der Waals surface area (Å²) in [7, 11) is 6.53. The predicted octanol–water partition coefficient (Wildman–Crippen LogP) is 7.83. The molecule has 0 nitrogen and oxygen atoms in total. The van der Waals surface area contributed by atoms with E-state index in [0.29, 0.717) is 11.6 Å². The molecule has 0 aliphatic heterocycles. The third-order valence-electron chi connectivity index (χ3n) is 5.86. The smallest absolute Gasteiger partial charge is 0.0378 e. The highest BCUT2D eigenvalue weighted by atomic mass is 31.0. The van der Waals surface area contributed by atoms with Gasteiger partial charge < -0.3 is 0 Å². The average Bonchev–Trinajstić information content (AvgIpc) is 2.72. The van der Waals surface area contributed by atoms with Gasteiger partial charge in [0.2, 0.25) is 0 Å². The first-order chi connectivity index (χ1) is 13.1. The Balaban J connectivity index is 2.42. The molecule has 2 aromatic rings. The summed E-state index contributed by atoms with van der Waals surface area (Å²) in [5.74, 6) is 0.598. The molecule has 0 radical (unpaired) electrons. The first-order valence-electron chi connectivity index (χ1n) is 10.8. The summed E-state index contributed by atoms with van der Waals surface area (Å²) in [4.78, 5) is 0. The van der Waals surface area contributed by atoms with E-state index in [4.69, 9.17) is 0 Å². The number of hydrogen-bond donors (Lipinski definition) is 0. The van der Waals surface area contributed by atoms with Crippen molar-refractivity contribution in [2.75, 3.05) is 0 Å². The fourth-order valence-electron chi connectivity index (χ4n) is 4.25. The first-order valence-corrected chi connectivity index (χ1v) is 12.0. The lowest BCUT2D eigenvalue weighted by atomic mass is 9.74. The highest BCUT2D eigenvalue weighted by molar-refractivity contribution is 7.20. The molecule has 4 atom stereocenters. The van der Waals surface area contributed by atoms with Crippen LogP contribution in [0.2, 0.25) is 0 Å². The Kier molecular flexibility index (Phi) is 10.0. The van der Waals surface area contributed by atoms with E-state index < -0.39 is 0 Å². The molecule has 0 N–H and O–H groups in total. The molecule has 0 amide bonds. The van der Waals surface area contributed by atoms with Crippen molar-refractivity contribution in [3.63, 3.8) is 0 Å². The lowest BCUT2D eigenvalue weighted by molar-refractivity contribution is 0.356. The van der Waals surface area contributed by atoms with Crippen molar-refractivity contribution in [1.29, 1.82) is 0 Å². The van der Waals surface area contributed by atoms with E-state index in [-0.39, 0.29) is 5.16 Å². The molecular weight excluding hydrogens is 362 g/mol. The van der Waals surface area contributed by atoms with Gasteiger partial charge in [0.05, 0.1) is 0 Å². The molecule has 2 aromatic carbocycles. The molecule has 0 fully saturated rings. The van der Waals surface area contributed by atoms with Gasteiger partial charge in [0.1, 0.15) is 0 Å². The van der Waals surface area contributed by atoms with Crippen LogP contribution in [0.1, 0.15) is 76.3 Å². The summed E-state index contributed by atoms with van der Waals surface area (Å²) in [5, 5.41) is -0.0328. The van der Waals surface area contributed by atoms with Crippen LogP contribution in [0.15, 0.2) is 60.7 Å². The Morgan fingerprint density at radius 1 is 0.704 bits per heavy atom. The monoisotopic (exact) mass is 400 g/mol. The fourth-order valence-corrected chi connectivity index (χ4v) is 6.00. The van der Waals surface area contributed by atoms with Crippen molar-refractivity contribution >= 4 is 18.5 Å². The van der Waals surface area contributed by atoms with Crippen LogP contribution in [0.3, 0.4) is 0 Å². The van der Waals surface area contributed by atoms with Gasteiger partial charge in [-0.05, 0) is 35.5 Å². The number of hydrogen-bond acceptors (Lipinski definition) is 0. The van der Waals surface area contributed by atoms with Crippen LogP contribution in [-0.2, 0) is 5.16 Å². The second-order valence-electron chi connectivity index (χ2n) is 7.86. The minimum absolute atomic E-state index is 0.0328. The standard InChI is InChI=1S/C25H38P2/c1-3-5-9-19-23(24(26)20-10-6-4-2)25(27,21-15-11-7-12-16-21)22-17-13-8-14-18-22/h7-8,11-18,23-24H,3-6,9-10,19-20,26-27H2,1-2H3. The van der Waals surface area contributed by atoms with Crippen LogP contribution in [-0.4, -0.2) is 5.66 Å². The van der Waals surface area contributed by atoms with Crippen molar-refractivity contribution in [2.24, 2.45) is 5.92 Å². The van der Waals surface area contributed by atoms with Crippen LogP contribution in [0.5, 0.6) is 0 Å². The molecule has 0 saturated carbocycles. The molecule has 0 aliphatic rings. The molecule has 0 heterocycles. The Morgan fingerprint density at radius 3 is 1.59 bits per heavy atom. The van der Waals surface area contributed by atoms with Gasteiger partial charge in [-0.1, -0.05) is 113 Å².